The molecule has 0 N–H and O–H groups in total. The number of hydrogen-bond donors (Lipinski definition) is 0. The molecule has 0 unspecified atom stereocenters. The largest absolute Gasteiger partial charge is 0.496 e. The number of carbonyl (C=O) groups is 1. The molecule has 0 atom stereocenters. The lowest BCUT2D eigenvalue weighted by atomic mass is 9.99. The number of ether oxygens (including phenoxy) is 2. The van der Waals surface area contributed by atoms with Gasteiger partial charge >= 0.3 is 12.1 Å². The average Bonchev–Trinajstić information content (AvgIpc) is 2.53. The van der Waals surface area contributed by atoms with Crippen LogP contribution in [0.1, 0.15) is 28.4 Å². The number of aryl methyl sites for hydroxylation is 1. The van der Waals surface area contributed by atoms with Crippen molar-refractivity contribution in [1.29, 1.82) is 0 Å². The SMILES string of the molecule is CCOC(=O)c1c(C)ccnc1-c1ccc(C(F)(F)F)cc1OC. The van der Waals surface area contributed by atoms with Crippen LogP contribution in [0.3, 0.4) is 0 Å². The number of halogens is 3. The van der Waals surface area contributed by atoms with E-state index < -0.39 is 17.7 Å². The summed E-state index contributed by atoms with van der Waals surface area (Å²) in [6.45, 7) is 3.55. The lowest BCUT2D eigenvalue weighted by Crippen LogP contribution is -2.11. The van der Waals surface area contributed by atoms with Crippen LogP contribution in [-0.4, -0.2) is 24.7 Å². The molecule has 0 radical (unpaired) electrons. The molecule has 2 rings (SSSR count). The van der Waals surface area contributed by atoms with E-state index in [-0.39, 0.29) is 29.2 Å². The molecule has 0 saturated carbocycles. The van der Waals surface area contributed by atoms with Gasteiger partial charge in [0, 0.05) is 11.8 Å². The highest BCUT2D eigenvalue weighted by molar-refractivity contribution is 5.98. The van der Waals surface area contributed by atoms with Crippen LogP contribution in [0.5, 0.6) is 5.75 Å². The Morgan fingerprint density at radius 2 is 1.96 bits per heavy atom. The van der Waals surface area contributed by atoms with Gasteiger partial charge in [0.05, 0.1) is 30.5 Å². The molecule has 0 amide bonds. The van der Waals surface area contributed by atoms with Crippen molar-refractivity contribution in [3.8, 4) is 17.0 Å². The zero-order valence-electron chi connectivity index (χ0n) is 13.4. The summed E-state index contributed by atoms with van der Waals surface area (Å²) < 4.78 is 48.7. The third-order valence-electron chi connectivity index (χ3n) is 3.42. The van der Waals surface area contributed by atoms with Crippen LogP contribution in [0.4, 0.5) is 13.2 Å². The molecule has 0 aliphatic rings. The molecule has 4 nitrogen and oxygen atoms in total. The van der Waals surface area contributed by atoms with Crippen LogP contribution < -0.4 is 4.74 Å². The number of methoxy groups -OCH3 is 1. The van der Waals surface area contributed by atoms with Gasteiger partial charge in [-0.3, -0.25) is 4.98 Å². The second-order valence-corrected chi connectivity index (χ2v) is 4.98. The minimum absolute atomic E-state index is 0.0199. The van der Waals surface area contributed by atoms with Crippen LogP contribution in [0, 0.1) is 6.92 Å². The summed E-state index contributed by atoms with van der Waals surface area (Å²) in [5.41, 5.74) is 0.488. The van der Waals surface area contributed by atoms with Gasteiger partial charge < -0.3 is 9.47 Å². The van der Waals surface area contributed by atoms with Gasteiger partial charge in [-0.05, 0) is 43.7 Å². The molecule has 1 aromatic heterocycles. The molecule has 0 fully saturated rings. The standard InChI is InChI=1S/C17H16F3NO3/c1-4-24-16(22)14-10(2)7-8-21-15(14)12-6-5-11(17(18,19)20)9-13(12)23-3/h5-9H,4H2,1-3H3. The Morgan fingerprint density at radius 1 is 1.25 bits per heavy atom. The fraction of sp³-hybridized carbons (Fsp3) is 0.294. The highest BCUT2D eigenvalue weighted by atomic mass is 19.4. The first-order chi connectivity index (χ1) is 11.3. The number of benzene rings is 1. The lowest BCUT2D eigenvalue weighted by Gasteiger charge is -2.15. The van der Waals surface area contributed by atoms with E-state index in [1.54, 1.807) is 19.9 Å². The smallest absolute Gasteiger partial charge is 0.416 e. The first kappa shape index (κ1) is 17.8. The van der Waals surface area contributed by atoms with E-state index in [9.17, 15) is 18.0 Å². The van der Waals surface area contributed by atoms with Gasteiger partial charge in [0.2, 0.25) is 0 Å². The van der Waals surface area contributed by atoms with E-state index in [1.807, 2.05) is 0 Å². The van der Waals surface area contributed by atoms with Gasteiger partial charge in [-0.1, -0.05) is 0 Å². The topological polar surface area (TPSA) is 48.4 Å². The van der Waals surface area contributed by atoms with E-state index in [0.29, 0.717) is 5.56 Å². The molecular weight excluding hydrogens is 323 g/mol. The van der Waals surface area contributed by atoms with Gasteiger partial charge in [-0.25, -0.2) is 4.79 Å². The molecular formula is C17H16F3NO3. The van der Waals surface area contributed by atoms with Gasteiger partial charge in [-0.15, -0.1) is 0 Å². The van der Waals surface area contributed by atoms with E-state index in [0.717, 1.165) is 12.1 Å². The number of alkyl halides is 3. The number of pyridine rings is 1. The second kappa shape index (κ2) is 6.90. The summed E-state index contributed by atoms with van der Waals surface area (Å²) >= 11 is 0. The monoisotopic (exact) mass is 339 g/mol. The van der Waals surface area contributed by atoms with Crippen LogP contribution in [0.2, 0.25) is 0 Å². The lowest BCUT2D eigenvalue weighted by molar-refractivity contribution is -0.137. The summed E-state index contributed by atoms with van der Waals surface area (Å²) in [6.07, 6.45) is -3.01. The number of hydrogen-bond acceptors (Lipinski definition) is 4. The number of esters is 1. The fourth-order valence-corrected chi connectivity index (χ4v) is 2.29. The summed E-state index contributed by atoms with van der Waals surface area (Å²) in [5, 5.41) is 0. The molecule has 1 heterocycles. The van der Waals surface area contributed by atoms with Gasteiger partial charge in [-0.2, -0.15) is 13.2 Å². The average molecular weight is 339 g/mol. The Balaban J connectivity index is 2.64. The molecule has 128 valence electrons. The van der Waals surface area contributed by atoms with E-state index in [2.05, 4.69) is 4.98 Å². The highest BCUT2D eigenvalue weighted by Crippen LogP contribution is 2.38. The number of aromatic nitrogens is 1. The van der Waals surface area contributed by atoms with Crippen molar-refractivity contribution in [2.45, 2.75) is 20.0 Å². The summed E-state index contributed by atoms with van der Waals surface area (Å²) in [4.78, 5) is 16.4. The van der Waals surface area contributed by atoms with Crippen LogP contribution >= 0.6 is 0 Å². The van der Waals surface area contributed by atoms with E-state index in [4.69, 9.17) is 9.47 Å². The molecule has 0 aliphatic heterocycles. The zero-order chi connectivity index (χ0) is 17.9. The molecule has 7 heteroatoms. The molecule has 0 spiro atoms. The Labute approximate surface area is 137 Å². The number of nitrogens with zero attached hydrogens (tertiary/aromatic N) is 1. The van der Waals surface area contributed by atoms with Crippen LogP contribution in [-0.2, 0) is 10.9 Å². The minimum atomic E-state index is -4.49. The molecule has 24 heavy (non-hydrogen) atoms. The van der Waals surface area contributed by atoms with Gasteiger partial charge in [0.15, 0.2) is 0 Å². The summed E-state index contributed by atoms with van der Waals surface area (Å²) in [5.74, 6) is -0.603. The predicted molar refractivity (Wildman–Crippen MR) is 81.9 cm³/mol. The minimum Gasteiger partial charge on any atom is -0.496 e. The van der Waals surface area contributed by atoms with Crippen molar-refractivity contribution >= 4 is 5.97 Å². The maximum Gasteiger partial charge on any atom is 0.416 e. The third kappa shape index (κ3) is 3.50. The van der Waals surface area contributed by atoms with Crippen LogP contribution in [0.25, 0.3) is 11.3 Å². The predicted octanol–water partition coefficient (Wildman–Crippen LogP) is 4.26. The van der Waals surface area contributed by atoms with Crippen molar-refractivity contribution < 1.29 is 27.4 Å². The molecule has 1 aromatic carbocycles. The Hall–Kier alpha value is -2.57. The van der Waals surface area contributed by atoms with Crippen molar-refractivity contribution in [1.82, 2.24) is 4.98 Å². The van der Waals surface area contributed by atoms with Crippen molar-refractivity contribution in [3.63, 3.8) is 0 Å². The molecule has 2 aromatic rings. The van der Waals surface area contributed by atoms with E-state index >= 15 is 0 Å². The first-order valence-corrected chi connectivity index (χ1v) is 7.18. The van der Waals surface area contributed by atoms with Crippen molar-refractivity contribution in [2.75, 3.05) is 13.7 Å². The van der Waals surface area contributed by atoms with E-state index in [1.165, 1.54) is 19.4 Å². The summed E-state index contributed by atoms with van der Waals surface area (Å²) in [6, 6.07) is 4.68. The number of carbonyl (C=O) groups excluding carboxylic acids is 1. The van der Waals surface area contributed by atoms with Gasteiger partial charge in [0.1, 0.15) is 5.75 Å². The highest BCUT2D eigenvalue weighted by Gasteiger charge is 2.32. The Kier molecular flexibility index (Phi) is 5.11. The summed E-state index contributed by atoms with van der Waals surface area (Å²) in [7, 11) is 1.26. The quantitative estimate of drug-likeness (QED) is 0.781. The molecule has 0 bridgehead atoms. The second-order valence-electron chi connectivity index (χ2n) is 4.98. The van der Waals surface area contributed by atoms with Crippen molar-refractivity contribution in [2.24, 2.45) is 0 Å². The first-order valence-electron chi connectivity index (χ1n) is 7.18. The maximum atomic E-state index is 12.9. The Bertz CT molecular complexity index is 757. The zero-order valence-corrected chi connectivity index (χ0v) is 13.4. The third-order valence-corrected chi connectivity index (χ3v) is 3.42. The van der Waals surface area contributed by atoms with Crippen molar-refractivity contribution in [3.05, 3.63) is 47.2 Å². The fourth-order valence-electron chi connectivity index (χ4n) is 2.29. The normalized spacial score (nSPS) is 11.2. The van der Waals surface area contributed by atoms with Gasteiger partial charge in [0.25, 0.3) is 0 Å². The number of rotatable bonds is 4. The Morgan fingerprint density at radius 3 is 2.54 bits per heavy atom. The molecule has 0 aliphatic carbocycles. The van der Waals surface area contributed by atoms with Crippen LogP contribution in [0.15, 0.2) is 30.5 Å². The molecule has 0 saturated heterocycles. The maximum absolute atomic E-state index is 12.9.